The van der Waals surface area contributed by atoms with E-state index in [0.29, 0.717) is 12.0 Å². The van der Waals surface area contributed by atoms with Crippen LogP contribution < -0.4 is 10.1 Å². The van der Waals surface area contributed by atoms with Crippen LogP contribution in [0.2, 0.25) is 5.02 Å². The number of nitrogens with one attached hydrogen (secondary N) is 1. The molecule has 0 radical (unpaired) electrons. The van der Waals surface area contributed by atoms with Gasteiger partial charge in [-0.15, -0.1) is 0 Å². The highest BCUT2D eigenvalue weighted by Crippen LogP contribution is 2.28. The lowest BCUT2D eigenvalue weighted by Crippen LogP contribution is -2.24. The second kappa shape index (κ2) is 7.43. The maximum absolute atomic E-state index is 14.3. The summed E-state index contributed by atoms with van der Waals surface area (Å²) in [5.41, 5.74) is 1.61. The first-order valence-electron chi connectivity index (χ1n) is 6.96. The highest BCUT2D eigenvalue weighted by molar-refractivity contribution is 6.30. The number of likely N-dealkylation sites (N-methyl/N-ethyl adjacent to an activating group) is 1. The van der Waals surface area contributed by atoms with Gasteiger partial charge in [0.25, 0.3) is 0 Å². The lowest BCUT2D eigenvalue weighted by Gasteiger charge is -2.20. The van der Waals surface area contributed by atoms with Crippen LogP contribution in [0.5, 0.6) is 5.75 Å². The van der Waals surface area contributed by atoms with Gasteiger partial charge in [-0.05, 0) is 30.7 Å². The van der Waals surface area contributed by atoms with Gasteiger partial charge in [-0.25, -0.2) is 4.39 Å². The van der Waals surface area contributed by atoms with Gasteiger partial charge < -0.3 is 10.1 Å². The highest BCUT2D eigenvalue weighted by Gasteiger charge is 2.18. The van der Waals surface area contributed by atoms with Crippen LogP contribution >= 0.6 is 11.6 Å². The van der Waals surface area contributed by atoms with Crippen molar-refractivity contribution in [1.29, 1.82) is 0 Å². The van der Waals surface area contributed by atoms with Gasteiger partial charge in [-0.1, -0.05) is 48.9 Å². The van der Waals surface area contributed by atoms with E-state index in [1.807, 2.05) is 31.2 Å². The van der Waals surface area contributed by atoms with E-state index in [0.717, 1.165) is 17.9 Å². The largest absolute Gasteiger partial charge is 0.496 e. The average molecular weight is 308 g/mol. The molecular weight excluding hydrogens is 289 g/mol. The zero-order valence-electron chi connectivity index (χ0n) is 12.2. The third-order valence-corrected chi connectivity index (χ3v) is 3.72. The van der Waals surface area contributed by atoms with Gasteiger partial charge in [0, 0.05) is 11.6 Å². The summed E-state index contributed by atoms with van der Waals surface area (Å²) in [4.78, 5) is 0. The first-order chi connectivity index (χ1) is 10.2. The summed E-state index contributed by atoms with van der Waals surface area (Å²) < 4.78 is 19.6. The standard InChI is InChI=1S/C17H19ClFNO/c1-3-20-15(13-8-6-9-14(18)17(13)19)11-12-7-4-5-10-16(12)21-2/h4-10,15,20H,3,11H2,1-2H3. The fourth-order valence-electron chi connectivity index (χ4n) is 2.42. The second-order valence-corrected chi connectivity index (χ2v) is 5.18. The average Bonchev–Trinajstić information content (AvgIpc) is 2.50. The predicted molar refractivity (Wildman–Crippen MR) is 84.5 cm³/mol. The molecule has 0 aliphatic rings. The third-order valence-electron chi connectivity index (χ3n) is 3.42. The van der Waals surface area contributed by atoms with Crippen LogP contribution in [0.3, 0.4) is 0 Å². The Morgan fingerprint density at radius 2 is 1.95 bits per heavy atom. The Kier molecular flexibility index (Phi) is 5.59. The first kappa shape index (κ1) is 15.8. The topological polar surface area (TPSA) is 21.3 Å². The summed E-state index contributed by atoms with van der Waals surface area (Å²) in [7, 11) is 1.64. The van der Waals surface area contributed by atoms with Gasteiger partial charge in [0.05, 0.1) is 12.1 Å². The Morgan fingerprint density at radius 3 is 2.67 bits per heavy atom. The Hall–Kier alpha value is -1.58. The van der Waals surface area contributed by atoms with E-state index >= 15 is 0 Å². The third kappa shape index (κ3) is 3.74. The van der Waals surface area contributed by atoms with E-state index in [-0.39, 0.29) is 16.9 Å². The van der Waals surface area contributed by atoms with Crippen molar-refractivity contribution in [2.24, 2.45) is 0 Å². The SMILES string of the molecule is CCNC(Cc1ccccc1OC)c1cccc(Cl)c1F. The molecule has 0 saturated heterocycles. The Balaban J connectivity index is 2.33. The molecule has 0 spiro atoms. The van der Waals surface area contributed by atoms with Crippen LogP contribution in [0.15, 0.2) is 42.5 Å². The molecule has 4 heteroatoms. The maximum Gasteiger partial charge on any atom is 0.146 e. The summed E-state index contributed by atoms with van der Waals surface area (Å²) in [6.45, 7) is 2.74. The van der Waals surface area contributed by atoms with E-state index in [1.165, 1.54) is 0 Å². The summed E-state index contributed by atoms with van der Waals surface area (Å²) in [5.74, 6) is 0.447. The summed E-state index contributed by atoms with van der Waals surface area (Å²) in [5, 5.41) is 3.46. The normalized spacial score (nSPS) is 12.2. The molecule has 0 aromatic heterocycles. The van der Waals surface area contributed by atoms with Crippen LogP contribution in [0.4, 0.5) is 4.39 Å². The molecule has 2 aromatic carbocycles. The molecule has 2 aromatic rings. The minimum atomic E-state index is -0.361. The number of ether oxygens (including phenoxy) is 1. The van der Waals surface area contributed by atoms with Crippen molar-refractivity contribution in [3.8, 4) is 5.75 Å². The van der Waals surface area contributed by atoms with Crippen molar-refractivity contribution >= 4 is 11.6 Å². The van der Waals surface area contributed by atoms with Crippen molar-refractivity contribution in [2.75, 3.05) is 13.7 Å². The van der Waals surface area contributed by atoms with E-state index in [2.05, 4.69) is 5.32 Å². The zero-order chi connectivity index (χ0) is 15.2. The molecule has 112 valence electrons. The summed E-state index contributed by atoms with van der Waals surface area (Å²) in [6, 6.07) is 12.7. The number of hydrogen-bond donors (Lipinski definition) is 1. The predicted octanol–water partition coefficient (Wildman–Crippen LogP) is 4.38. The molecule has 0 amide bonds. The van der Waals surface area contributed by atoms with Crippen molar-refractivity contribution in [1.82, 2.24) is 5.32 Å². The highest BCUT2D eigenvalue weighted by atomic mass is 35.5. The molecule has 0 aliphatic carbocycles. The van der Waals surface area contributed by atoms with Crippen LogP contribution in [-0.4, -0.2) is 13.7 Å². The Labute approximate surface area is 129 Å². The van der Waals surface area contributed by atoms with E-state index in [1.54, 1.807) is 25.3 Å². The summed E-state index contributed by atoms with van der Waals surface area (Å²) in [6.07, 6.45) is 0.634. The molecule has 0 bridgehead atoms. The van der Waals surface area contributed by atoms with Crippen LogP contribution in [0.25, 0.3) is 0 Å². The molecule has 21 heavy (non-hydrogen) atoms. The molecular formula is C17H19ClFNO. The van der Waals surface area contributed by atoms with Crippen LogP contribution in [0.1, 0.15) is 24.1 Å². The monoisotopic (exact) mass is 307 g/mol. The van der Waals surface area contributed by atoms with Gasteiger partial charge in [0.1, 0.15) is 11.6 Å². The molecule has 0 fully saturated rings. The molecule has 1 N–H and O–H groups in total. The smallest absolute Gasteiger partial charge is 0.146 e. The quantitative estimate of drug-likeness (QED) is 0.855. The molecule has 0 heterocycles. The first-order valence-corrected chi connectivity index (χ1v) is 7.34. The number of hydrogen-bond acceptors (Lipinski definition) is 2. The molecule has 0 saturated carbocycles. The van der Waals surface area contributed by atoms with E-state index in [4.69, 9.17) is 16.3 Å². The number of rotatable bonds is 6. The Morgan fingerprint density at radius 1 is 1.19 bits per heavy atom. The van der Waals surface area contributed by atoms with Crippen molar-refractivity contribution < 1.29 is 9.13 Å². The fourth-order valence-corrected chi connectivity index (χ4v) is 2.60. The van der Waals surface area contributed by atoms with Crippen molar-refractivity contribution in [2.45, 2.75) is 19.4 Å². The Bertz CT molecular complexity index is 603. The van der Waals surface area contributed by atoms with Crippen molar-refractivity contribution in [3.63, 3.8) is 0 Å². The van der Waals surface area contributed by atoms with E-state index in [9.17, 15) is 4.39 Å². The molecule has 0 aliphatic heterocycles. The molecule has 1 atom stereocenters. The van der Waals surface area contributed by atoms with Gasteiger partial charge in [-0.2, -0.15) is 0 Å². The van der Waals surface area contributed by atoms with Gasteiger partial charge in [-0.3, -0.25) is 0 Å². The maximum atomic E-state index is 14.3. The minimum absolute atomic E-state index is 0.148. The van der Waals surface area contributed by atoms with Crippen LogP contribution in [-0.2, 0) is 6.42 Å². The zero-order valence-corrected chi connectivity index (χ0v) is 13.0. The number of benzene rings is 2. The minimum Gasteiger partial charge on any atom is -0.496 e. The van der Waals surface area contributed by atoms with E-state index < -0.39 is 0 Å². The number of para-hydroxylation sites is 1. The van der Waals surface area contributed by atoms with Gasteiger partial charge in [0.15, 0.2) is 0 Å². The molecule has 2 nitrogen and oxygen atoms in total. The second-order valence-electron chi connectivity index (χ2n) is 4.77. The molecule has 2 rings (SSSR count). The lowest BCUT2D eigenvalue weighted by atomic mass is 9.97. The van der Waals surface area contributed by atoms with Gasteiger partial charge in [0.2, 0.25) is 0 Å². The van der Waals surface area contributed by atoms with Gasteiger partial charge >= 0.3 is 0 Å². The molecule has 1 unspecified atom stereocenters. The van der Waals surface area contributed by atoms with Crippen LogP contribution in [0, 0.1) is 5.82 Å². The van der Waals surface area contributed by atoms with Crippen molar-refractivity contribution in [3.05, 3.63) is 64.4 Å². The lowest BCUT2D eigenvalue weighted by molar-refractivity contribution is 0.405. The fraction of sp³-hybridized carbons (Fsp3) is 0.294. The number of halogens is 2. The summed E-state index contributed by atoms with van der Waals surface area (Å²) >= 11 is 5.89. The number of methoxy groups -OCH3 is 1.